The molecule has 0 radical (unpaired) electrons. The van der Waals surface area contributed by atoms with Crippen molar-refractivity contribution in [1.82, 2.24) is 25.1 Å². The van der Waals surface area contributed by atoms with Gasteiger partial charge in [-0.25, -0.2) is 4.98 Å². The van der Waals surface area contributed by atoms with Crippen LogP contribution in [0.5, 0.6) is 0 Å². The summed E-state index contributed by atoms with van der Waals surface area (Å²) in [7, 11) is 0. The zero-order valence-corrected chi connectivity index (χ0v) is 17.7. The molecule has 1 unspecified atom stereocenters. The Kier molecular flexibility index (Phi) is 9.02. The zero-order chi connectivity index (χ0) is 16.6. The fourth-order valence-electron chi connectivity index (χ4n) is 3.88. The minimum Gasteiger partial charge on any atom is -0.357 e. The first kappa shape index (κ1) is 20.5. The lowest BCUT2D eigenvalue weighted by molar-refractivity contribution is 0.242. The second kappa shape index (κ2) is 11.0. The fraction of sp³-hybridized carbons (Fsp3) is 0.778. The van der Waals surface area contributed by atoms with Crippen LogP contribution in [0.15, 0.2) is 23.7 Å². The molecule has 1 aromatic heterocycles. The molecular formula is C18H33IN6. The Morgan fingerprint density at radius 1 is 1.28 bits per heavy atom. The van der Waals surface area contributed by atoms with E-state index in [4.69, 9.17) is 4.99 Å². The van der Waals surface area contributed by atoms with Gasteiger partial charge < -0.3 is 15.2 Å². The Morgan fingerprint density at radius 3 is 2.84 bits per heavy atom. The Labute approximate surface area is 168 Å². The van der Waals surface area contributed by atoms with Gasteiger partial charge in [-0.3, -0.25) is 9.89 Å². The molecule has 2 heterocycles. The summed E-state index contributed by atoms with van der Waals surface area (Å²) in [5.74, 6) is 0.974. The Bertz CT molecular complexity index is 498. The van der Waals surface area contributed by atoms with Gasteiger partial charge in [0.25, 0.3) is 0 Å². The first-order valence-electron chi connectivity index (χ1n) is 9.60. The van der Waals surface area contributed by atoms with Crippen LogP contribution in [0.4, 0.5) is 0 Å². The highest BCUT2D eigenvalue weighted by molar-refractivity contribution is 14.0. The fourth-order valence-corrected chi connectivity index (χ4v) is 3.88. The van der Waals surface area contributed by atoms with E-state index in [1.807, 2.05) is 18.7 Å². The van der Waals surface area contributed by atoms with Gasteiger partial charge in [-0.15, -0.1) is 24.0 Å². The summed E-state index contributed by atoms with van der Waals surface area (Å²) in [6, 6.07) is 1.38. The van der Waals surface area contributed by atoms with Crippen molar-refractivity contribution in [3.8, 4) is 0 Å². The summed E-state index contributed by atoms with van der Waals surface area (Å²) in [4.78, 5) is 11.5. The summed E-state index contributed by atoms with van der Waals surface area (Å²) in [5, 5.41) is 7.03. The number of halogens is 1. The lowest BCUT2D eigenvalue weighted by Crippen LogP contribution is -2.45. The zero-order valence-electron chi connectivity index (χ0n) is 15.4. The normalized spacial score (nSPS) is 22.1. The van der Waals surface area contributed by atoms with E-state index < -0.39 is 0 Å². The van der Waals surface area contributed by atoms with Crippen LogP contribution in [-0.2, 0) is 6.54 Å². The van der Waals surface area contributed by atoms with E-state index in [0.717, 1.165) is 38.1 Å². The van der Waals surface area contributed by atoms with E-state index in [0.29, 0.717) is 6.04 Å². The van der Waals surface area contributed by atoms with E-state index >= 15 is 0 Å². The molecule has 142 valence electrons. The van der Waals surface area contributed by atoms with Crippen LogP contribution < -0.4 is 10.6 Å². The molecule has 0 spiro atoms. The van der Waals surface area contributed by atoms with E-state index in [9.17, 15) is 0 Å². The topological polar surface area (TPSA) is 57.5 Å². The summed E-state index contributed by atoms with van der Waals surface area (Å²) in [6.07, 6.45) is 13.6. The van der Waals surface area contributed by atoms with Gasteiger partial charge in [-0.05, 0) is 32.6 Å². The number of imidazole rings is 1. The van der Waals surface area contributed by atoms with Crippen LogP contribution in [0, 0.1) is 0 Å². The van der Waals surface area contributed by atoms with Gasteiger partial charge in [0.1, 0.15) is 0 Å². The maximum atomic E-state index is 4.74. The molecule has 2 N–H and O–H groups in total. The maximum Gasteiger partial charge on any atom is 0.191 e. The first-order valence-corrected chi connectivity index (χ1v) is 9.60. The minimum atomic E-state index is 0. The molecule has 0 amide bonds. The van der Waals surface area contributed by atoms with Crippen LogP contribution in [0.2, 0.25) is 0 Å². The van der Waals surface area contributed by atoms with Crippen molar-refractivity contribution in [3.63, 3.8) is 0 Å². The third-order valence-electron chi connectivity index (χ3n) is 5.15. The van der Waals surface area contributed by atoms with Gasteiger partial charge in [0.2, 0.25) is 0 Å². The molecule has 25 heavy (non-hydrogen) atoms. The Balaban J connectivity index is 0.00000225. The first-order chi connectivity index (χ1) is 11.8. The van der Waals surface area contributed by atoms with Crippen LogP contribution in [0.25, 0.3) is 0 Å². The van der Waals surface area contributed by atoms with Gasteiger partial charge in [0.05, 0.1) is 6.33 Å². The van der Waals surface area contributed by atoms with E-state index in [-0.39, 0.29) is 24.0 Å². The van der Waals surface area contributed by atoms with Crippen LogP contribution >= 0.6 is 24.0 Å². The van der Waals surface area contributed by atoms with Crippen LogP contribution in [0.3, 0.4) is 0 Å². The summed E-state index contributed by atoms with van der Waals surface area (Å²) in [6.45, 7) is 7.26. The number of hydrogen-bond acceptors (Lipinski definition) is 3. The SMILES string of the molecule is CCNC(=NCCCn1ccnc1)NC1CCN(C2CCCC2)C1.I. The van der Waals surface area contributed by atoms with Crippen LogP contribution in [-0.4, -0.2) is 58.7 Å². The minimum absolute atomic E-state index is 0. The number of aliphatic imine (C=N–C) groups is 1. The lowest BCUT2D eigenvalue weighted by Gasteiger charge is -2.24. The van der Waals surface area contributed by atoms with Crippen molar-refractivity contribution >= 4 is 29.9 Å². The molecule has 1 aliphatic carbocycles. The van der Waals surface area contributed by atoms with Crippen molar-refractivity contribution in [3.05, 3.63) is 18.7 Å². The molecule has 1 atom stereocenters. The average Bonchev–Trinajstić information content (AvgIpc) is 3.32. The molecule has 1 saturated carbocycles. The molecule has 2 aliphatic rings. The Hall–Kier alpha value is -0.830. The summed E-state index contributed by atoms with van der Waals surface area (Å²) in [5.41, 5.74) is 0. The second-order valence-corrected chi connectivity index (χ2v) is 6.98. The number of aromatic nitrogens is 2. The van der Waals surface area contributed by atoms with Gasteiger partial charge in [-0.2, -0.15) is 0 Å². The van der Waals surface area contributed by atoms with Crippen molar-refractivity contribution in [2.24, 2.45) is 4.99 Å². The van der Waals surface area contributed by atoms with Gasteiger partial charge >= 0.3 is 0 Å². The molecule has 1 saturated heterocycles. The summed E-state index contributed by atoms with van der Waals surface area (Å²) >= 11 is 0. The number of aryl methyl sites for hydroxylation is 1. The molecule has 3 rings (SSSR count). The molecule has 6 nitrogen and oxygen atoms in total. The molecule has 1 aliphatic heterocycles. The number of guanidine groups is 1. The van der Waals surface area contributed by atoms with Crippen molar-refractivity contribution < 1.29 is 0 Å². The average molecular weight is 460 g/mol. The molecule has 7 heteroatoms. The summed E-state index contributed by atoms with van der Waals surface area (Å²) < 4.78 is 2.10. The smallest absolute Gasteiger partial charge is 0.191 e. The van der Waals surface area contributed by atoms with Gasteiger partial charge in [0, 0.05) is 57.2 Å². The highest BCUT2D eigenvalue weighted by Gasteiger charge is 2.30. The number of rotatable bonds is 7. The lowest BCUT2D eigenvalue weighted by atomic mass is 10.2. The molecule has 1 aromatic rings. The number of hydrogen-bond donors (Lipinski definition) is 2. The van der Waals surface area contributed by atoms with Crippen molar-refractivity contribution in [2.75, 3.05) is 26.2 Å². The monoisotopic (exact) mass is 460 g/mol. The number of nitrogens with zero attached hydrogens (tertiary/aromatic N) is 4. The largest absolute Gasteiger partial charge is 0.357 e. The predicted molar refractivity (Wildman–Crippen MR) is 114 cm³/mol. The quantitative estimate of drug-likeness (QED) is 0.284. The van der Waals surface area contributed by atoms with Gasteiger partial charge in [0.15, 0.2) is 5.96 Å². The third-order valence-corrected chi connectivity index (χ3v) is 5.15. The number of likely N-dealkylation sites (tertiary alicyclic amines) is 1. The van der Waals surface area contributed by atoms with Crippen molar-refractivity contribution in [1.29, 1.82) is 0 Å². The van der Waals surface area contributed by atoms with E-state index in [1.54, 1.807) is 0 Å². The van der Waals surface area contributed by atoms with Crippen LogP contribution in [0.1, 0.15) is 45.4 Å². The Morgan fingerprint density at radius 2 is 2.12 bits per heavy atom. The highest BCUT2D eigenvalue weighted by Crippen LogP contribution is 2.26. The van der Waals surface area contributed by atoms with Gasteiger partial charge in [-0.1, -0.05) is 12.8 Å². The molecular weight excluding hydrogens is 427 g/mol. The molecule has 0 aromatic carbocycles. The molecule has 0 bridgehead atoms. The van der Waals surface area contributed by atoms with E-state index in [1.165, 1.54) is 45.2 Å². The second-order valence-electron chi connectivity index (χ2n) is 6.98. The third kappa shape index (κ3) is 6.44. The maximum absolute atomic E-state index is 4.74. The standard InChI is InChI=1S/C18H32N6.HI/c1-2-20-18(21-9-5-11-23-13-10-19-15-23)22-16-8-12-24(14-16)17-6-3-4-7-17;/h10,13,15-17H,2-9,11-12,14H2,1H3,(H2,20,21,22);1H. The highest BCUT2D eigenvalue weighted by atomic mass is 127. The van der Waals surface area contributed by atoms with E-state index in [2.05, 4.69) is 32.0 Å². The predicted octanol–water partition coefficient (Wildman–Crippen LogP) is 2.46. The molecule has 2 fully saturated rings. The van der Waals surface area contributed by atoms with Crippen molar-refractivity contribution in [2.45, 2.75) is 64.1 Å². The number of nitrogens with one attached hydrogen (secondary N) is 2.